The Labute approximate surface area is 220 Å². The van der Waals surface area contributed by atoms with Crippen molar-refractivity contribution in [3.05, 3.63) is 96.1 Å². The Morgan fingerprint density at radius 1 is 0.865 bits per heavy atom. The number of hydrogen-bond donors (Lipinski definition) is 1. The molecule has 3 rings (SSSR count). The summed E-state index contributed by atoms with van der Waals surface area (Å²) in [5, 5.41) is 2.93. The van der Waals surface area contributed by atoms with E-state index in [0.29, 0.717) is 5.69 Å². The summed E-state index contributed by atoms with van der Waals surface area (Å²) >= 11 is 0. The molecular weight excluding hydrogens is 486 g/mol. The molecule has 0 spiro atoms. The predicted octanol–water partition coefficient (Wildman–Crippen LogP) is 4.52. The molecule has 196 valence electrons. The summed E-state index contributed by atoms with van der Waals surface area (Å²) in [7, 11) is -4.05. The molecule has 0 fully saturated rings. The third-order valence-corrected chi connectivity index (χ3v) is 7.71. The maximum Gasteiger partial charge on any atom is 0.264 e. The number of amides is 2. The monoisotopic (exact) mass is 521 g/mol. The van der Waals surface area contributed by atoms with Gasteiger partial charge in [-0.3, -0.25) is 13.9 Å². The zero-order chi connectivity index (χ0) is 27.2. The van der Waals surface area contributed by atoms with Crippen LogP contribution in [0.3, 0.4) is 0 Å². The van der Waals surface area contributed by atoms with E-state index >= 15 is 0 Å². The quantitative estimate of drug-likeness (QED) is 0.449. The van der Waals surface area contributed by atoms with Crippen LogP contribution in [-0.2, 0) is 26.2 Å². The second-order valence-electron chi connectivity index (χ2n) is 10.0. The third-order valence-electron chi connectivity index (χ3n) is 5.92. The average molecular weight is 522 g/mol. The number of benzene rings is 3. The van der Waals surface area contributed by atoms with Crippen LogP contribution < -0.4 is 9.62 Å². The van der Waals surface area contributed by atoms with Gasteiger partial charge in [-0.15, -0.1) is 0 Å². The van der Waals surface area contributed by atoms with Crippen LogP contribution in [0.15, 0.2) is 89.8 Å². The Hall–Kier alpha value is -3.65. The van der Waals surface area contributed by atoms with Gasteiger partial charge in [-0.05, 0) is 70.0 Å². The number of sulfonamides is 1. The smallest absolute Gasteiger partial charge is 0.264 e. The normalized spacial score (nSPS) is 12.5. The van der Waals surface area contributed by atoms with E-state index in [1.165, 1.54) is 17.0 Å². The Morgan fingerprint density at radius 2 is 1.41 bits per heavy atom. The molecule has 0 saturated carbocycles. The molecule has 1 N–H and O–H groups in total. The van der Waals surface area contributed by atoms with E-state index in [4.69, 9.17) is 0 Å². The first kappa shape index (κ1) is 27.9. The van der Waals surface area contributed by atoms with Crippen molar-refractivity contribution in [1.29, 1.82) is 0 Å². The van der Waals surface area contributed by atoms with Crippen molar-refractivity contribution >= 4 is 27.5 Å². The Morgan fingerprint density at radius 3 is 1.97 bits per heavy atom. The van der Waals surface area contributed by atoms with Crippen molar-refractivity contribution < 1.29 is 18.0 Å². The van der Waals surface area contributed by atoms with Gasteiger partial charge in [0.2, 0.25) is 11.8 Å². The van der Waals surface area contributed by atoms with Crippen molar-refractivity contribution in [3.63, 3.8) is 0 Å². The number of rotatable bonds is 9. The van der Waals surface area contributed by atoms with Gasteiger partial charge < -0.3 is 10.2 Å². The van der Waals surface area contributed by atoms with Crippen molar-refractivity contribution in [2.45, 2.75) is 57.6 Å². The van der Waals surface area contributed by atoms with Gasteiger partial charge in [0.15, 0.2) is 0 Å². The zero-order valence-electron chi connectivity index (χ0n) is 22.0. The van der Waals surface area contributed by atoms with Gasteiger partial charge in [0.25, 0.3) is 10.0 Å². The summed E-state index contributed by atoms with van der Waals surface area (Å²) < 4.78 is 28.4. The highest BCUT2D eigenvalue weighted by molar-refractivity contribution is 7.92. The molecule has 0 aliphatic rings. The lowest BCUT2D eigenvalue weighted by Crippen LogP contribution is -2.54. The van der Waals surface area contributed by atoms with E-state index in [1.807, 2.05) is 52.0 Å². The Bertz CT molecular complexity index is 1320. The number of para-hydroxylation sites is 1. The molecule has 0 heterocycles. The molecule has 1 unspecified atom stereocenters. The van der Waals surface area contributed by atoms with Crippen LogP contribution in [0.5, 0.6) is 0 Å². The summed E-state index contributed by atoms with van der Waals surface area (Å²) in [4.78, 5) is 28.5. The van der Waals surface area contributed by atoms with Gasteiger partial charge in [-0.1, -0.05) is 60.7 Å². The van der Waals surface area contributed by atoms with Crippen LogP contribution in [0.25, 0.3) is 0 Å². The lowest BCUT2D eigenvalue weighted by atomic mass is 10.1. The minimum absolute atomic E-state index is 0.0793. The Kier molecular flexibility index (Phi) is 8.76. The summed E-state index contributed by atoms with van der Waals surface area (Å²) in [5.41, 5.74) is 1.72. The first-order valence-electron chi connectivity index (χ1n) is 12.2. The van der Waals surface area contributed by atoms with Crippen LogP contribution in [0.1, 0.15) is 38.8 Å². The minimum atomic E-state index is -4.05. The van der Waals surface area contributed by atoms with Gasteiger partial charge in [0, 0.05) is 12.1 Å². The van der Waals surface area contributed by atoms with E-state index in [-0.39, 0.29) is 17.3 Å². The van der Waals surface area contributed by atoms with Crippen LogP contribution in [0.2, 0.25) is 0 Å². The van der Waals surface area contributed by atoms with Crippen LogP contribution in [0.4, 0.5) is 5.69 Å². The molecule has 37 heavy (non-hydrogen) atoms. The second kappa shape index (κ2) is 11.6. The highest BCUT2D eigenvalue weighted by Gasteiger charge is 2.33. The molecule has 0 saturated heterocycles. The number of carbonyl (C=O) groups is 2. The number of nitrogens with zero attached hydrogens (tertiary/aromatic N) is 2. The standard InChI is InChI=1S/C29H35N3O4S/c1-22-14-12-13-15-24(22)20-31(23(2)28(34)30-29(3,4)5)27(33)21-32(25-16-8-6-9-17-25)37(35,36)26-18-10-7-11-19-26/h6-19,23H,20-21H2,1-5H3,(H,30,34). The Balaban J connectivity index is 2.01. The van der Waals surface area contributed by atoms with Gasteiger partial charge in [-0.25, -0.2) is 8.42 Å². The SMILES string of the molecule is Cc1ccccc1CN(C(=O)CN(c1ccccc1)S(=O)(=O)c1ccccc1)C(C)C(=O)NC(C)(C)C. The number of carbonyl (C=O) groups excluding carboxylic acids is 2. The van der Waals surface area contributed by atoms with Gasteiger partial charge in [0.05, 0.1) is 10.6 Å². The molecule has 2 amide bonds. The van der Waals surface area contributed by atoms with Crippen LogP contribution in [0, 0.1) is 6.92 Å². The van der Waals surface area contributed by atoms with E-state index < -0.39 is 34.1 Å². The highest BCUT2D eigenvalue weighted by Crippen LogP contribution is 2.24. The summed E-state index contributed by atoms with van der Waals surface area (Å²) in [6.45, 7) is 8.92. The van der Waals surface area contributed by atoms with E-state index in [0.717, 1.165) is 15.4 Å². The van der Waals surface area contributed by atoms with Gasteiger partial charge in [-0.2, -0.15) is 0 Å². The third kappa shape index (κ3) is 7.20. The first-order chi connectivity index (χ1) is 17.4. The molecule has 3 aromatic carbocycles. The molecule has 1 atom stereocenters. The maximum absolute atomic E-state index is 13.9. The molecule has 8 heteroatoms. The van der Waals surface area contributed by atoms with Crippen molar-refractivity contribution in [2.75, 3.05) is 10.8 Å². The van der Waals surface area contributed by atoms with Crippen molar-refractivity contribution in [3.8, 4) is 0 Å². The topological polar surface area (TPSA) is 86.8 Å². The first-order valence-corrected chi connectivity index (χ1v) is 13.6. The molecule has 0 aliphatic carbocycles. The zero-order valence-corrected chi connectivity index (χ0v) is 22.8. The molecule has 0 radical (unpaired) electrons. The molecule has 0 aromatic heterocycles. The number of nitrogens with one attached hydrogen (secondary N) is 1. The predicted molar refractivity (Wildman–Crippen MR) is 147 cm³/mol. The molecular formula is C29H35N3O4S. The highest BCUT2D eigenvalue weighted by atomic mass is 32.2. The molecule has 3 aromatic rings. The second-order valence-corrected chi connectivity index (χ2v) is 11.9. The number of anilines is 1. The van der Waals surface area contributed by atoms with Crippen molar-refractivity contribution in [2.24, 2.45) is 0 Å². The van der Waals surface area contributed by atoms with E-state index in [2.05, 4.69) is 5.32 Å². The van der Waals surface area contributed by atoms with Crippen LogP contribution >= 0.6 is 0 Å². The fourth-order valence-corrected chi connectivity index (χ4v) is 5.31. The average Bonchev–Trinajstić information content (AvgIpc) is 2.86. The van der Waals surface area contributed by atoms with E-state index in [9.17, 15) is 18.0 Å². The van der Waals surface area contributed by atoms with Gasteiger partial charge >= 0.3 is 0 Å². The fourth-order valence-electron chi connectivity index (χ4n) is 3.87. The minimum Gasteiger partial charge on any atom is -0.350 e. The lowest BCUT2D eigenvalue weighted by molar-refractivity contribution is -0.140. The molecule has 0 bridgehead atoms. The fraction of sp³-hybridized carbons (Fsp3) is 0.310. The number of aryl methyl sites for hydroxylation is 1. The van der Waals surface area contributed by atoms with Gasteiger partial charge in [0.1, 0.15) is 12.6 Å². The summed E-state index contributed by atoms with van der Waals surface area (Å²) in [5.74, 6) is -0.796. The van der Waals surface area contributed by atoms with E-state index in [1.54, 1.807) is 55.5 Å². The lowest BCUT2D eigenvalue weighted by Gasteiger charge is -2.33. The molecule has 0 aliphatic heterocycles. The summed E-state index contributed by atoms with van der Waals surface area (Å²) in [6.07, 6.45) is 0. The molecule has 7 nitrogen and oxygen atoms in total. The van der Waals surface area contributed by atoms with Crippen molar-refractivity contribution in [1.82, 2.24) is 10.2 Å². The van der Waals surface area contributed by atoms with Crippen LogP contribution in [-0.4, -0.2) is 43.3 Å². The summed E-state index contributed by atoms with van der Waals surface area (Å²) in [6, 6.07) is 23.3. The number of hydrogen-bond acceptors (Lipinski definition) is 4. The maximum atomic E-state index is 13.9. The largest absolute Gasteiger partial charge is 0.350 e.